The second-order valence-electron chi connectivity index (χ2n) is 5.57. The first kappa shape index (κ1) is 13.7. The molecule has 2 unspecified atom stereocenters. The quantitative estimate of drug-likeness (QED) is 0.886. The molecule has 1 aromatic carbocycles. The zero-order chi connectivity index (χ0) is 13.3. The van der Waals surface area contributed by atoms with Gasteiger partial charge in [-0.05, 0) is 50.4 Å². The first-order chi connectivity index (χ1) is 8.50. The molecule has 0 amide bonds. The summed E-state index contributed by atoms with van der Waals surface area (Å²) in [5.41, 5.74) is 0.940. The van der Waals surface area contributed by atoms with Gasteiger partial charge in [-0.3, -0.25) is 4.90 Å². The number of hydrogen-bond donors (Lipinski definition) is 1. The second-order valence-corrected chi connectivity index (χ2v) is 6.01. The highest BCUT2D eigenvalue weighted by Gasteiger charge is 2.31. The highest BCUT2D eigenvalue weighted by atomic mass is 35.5. The fourth-order valence-electron chi connectivity index (χ4n) is 3.05. The molecule has 1 heterocycles. The third kappa shape index (κ3) is 2.65. The zero-order valence-electron chi connectivity index (χ0n) is 11.4. The number of phenols is 1. The summed E-state index contributed by atoms with van der Waals surface area (Å²) < 4.78 is 0. The van der Waals surface area contributed by atoms with E-state index in [0.29, 0.717) is 22.7 Å². The molecule has 0 saturated carbocycles. The Kier molecular flexibility index (Phi) is 4.18. The number of benzene rings is 1. The number of aromatic hydroxyl groups is 1. The van der Waals surface area contributed by atoms with Crippen LogP contribution in [0.2, 0.25) is 5.02 Å². The molecule has 0 spiro atoms. The maximum absolute atomic E-state index is 10.0. The number of hydrogen-bond acceptors (Lipinski definition) is 2. The van der Waals surface area contributed by atoms with Crippen molar-refractivity contribution < 1.29 is 5.11 Å². The first-order valence-corrected chi connectivity index (χ1v) is 7.12. The van der Waals surface area contributed by atoms with Crippen molar-refractivity contribution in [1.29, 1.82) is 0 Å². The fourth-order valence-corrected chi connectivity index (χ4v) is 3.23. The average molecular weight is 268 g/mol. The van der Waals surface area contributed by atoms with Gasteiger partial charge in [0.1, 0.15) is 5.75 Å². The highest BCUT2D eigenvalue weighted by molar-refractivity contribution is 6.30. The number of phenolic OH excluding ortho intramolecular Hbond substituents is 1. The maximum atomic E-state index is 10.0. The van der Waals surface area contributed by atoms with Gasteiger partial charge in [0.15, 0.2) is 0 Å². The summed E-state index contributed by atoms with van der Waals surface area (Å²) in [5.74, 6) is 0.998. The van der Waals surface area contributed by atoms with Crippen molar-refractivity contribution in [1.82, 2.24) is 4.90 Å². The van der Waals surface area contributed by atoms with Crippen LogP contribution < -0.4 is 0 Å². The van der Waals surface area contributed by atoms with Crippen molar-refractivity contribution in [3.8, 4) is 5.75 Å². The Morgan fingerprint density at radius 1 is 1.33 bits per heavy atom. The molecule has 100 valence electrons. The number of rotatable bonds is 3. The van der Waals surface area contributed by atoms with Gasteiger partial charge in [0, 0.05) is 22.7 Å². The van der Waals surface area contributed by atoms with Crippen LogP contribution in [0.3, 0.4) is 0 Å². The third-order valence-electron chi connectivity index (χ3n) is 4.05. The van der Waals surface area contributed by atoms with Crippen molar-refractivity contribution in [2.45, 2.75) is 45.7 Å². The van der Waals surface area contributed by atoms with Crippen LogP contribution >= 0.6 is 11.6 Å². The van der Waals surface area contributed by atoms with Crippen LogP contribution in [0, 0.1) is 5.92 Å². The van der Waals surface area contributed by atoms with Gasteiger partial charge in [-0.25, -0.2) is 0 Å². The molecule has 1 N–H and O–H groups in total. The molecule has 1 fully saturated rings. The fraction of sp³-hybridized carbons (Fsp3) is 0.600. The largest absolute Gasteiger partial charge is 0.508 e. The lowest BCUT2D eigenvalue weighted by Gasteiger charge is -2.33. The third-order valence-corrected chi connectivity index (χ3v) is 4.28. The van der Waals surface area contributed by atoms with E-state index >= 15 is 0 Å². The Hall–Kier alpha value is -0.730. The first-order valence-electron chi connectivity index (χ1n) is 6.75. The van der Waals surface area contributed by atoms with Crippen LogP contribution in [0.15, 0.2) is 18.2 Å². The van der Waals surface area contributed by atoms with Crippen LogP contribution in [-0.2, 0) is 0 Å². The highest BCUT2D eigenvalue weighted by Crippen LogP contribution is 2.36. The Balaban J connectivity index is 2.25. The lowest BCUT2D eigenvalue weighted by atomic mass is 9.98. The van der Waals surface area contributed by atoms with Gasteiger partial charge >= 0.3 is 0 Å². The molecule has 2 nitrogen and oxygen atoms in total. The number of halogens is 1. The van der Waals surface area contributed by atoms with Crippen molar-refractivity contribution in [2.24, 2.45) is 5.92 Å². The van der Waals surface area contributed by atoms with Crippen molar-refractivity contribution in [2.75, 3.05) is 6.54 Å². The number of nitrogens with zero attached hydrogens (tertiary/aromatic N) is 1. The van der Waals surface area contributed by atoms with Gasteiger partial charge in [0.2, 0.25) is 0 Å². The van der Waals surface area contributed by atoms with Crippen molar-refractivity contribution in [3.05, 3.63) is 28.8 Å². The summed E-state index contributed by atoms with van der Waals surface area (Å²) in [7, 11) is 0. The molecule has 1 aliphatic rings. The van der Waals surface area contributed by atoms with Gasteiger partial charge in [0.05, 0.1) is 0 Å². The normalized spacial score (nSPS) is 22.6. The second kappa shape index (κ2) is 5.50. The van der Waals surface area contributed by atoms with Gasteiger partial charge in [-0.1, -0.05) is 25.4 Å². The summed E-state index contributed by atoms with van der Waals surface area (Å²) in [6, 6.07) is 6.14. The minimum atomic E-state index is 0.221. The Morgan fingerprint density at radius 2 is 2.06 bits per heavy atom. The minimum Gasteiger partial charge on any atom is -0.508 e. The lowest BCUT2D eigenvalue weighted by molar-refractivity contribution is 0.154. The molecule has 1 aromatic rings. The van der Waals surface area contributed by atoms with Crippen LogP contribution in [-0.4, -0.2) is 22.6 Å². The predicted octanol–water partition coefficient (Wildman–Crippen LogP) is 4.23. The molecule has 2 atom stereocenters. The summed E-state index contributed by atoms with van der Waals surface area (Å²) >= 11 is 6.04. The van der Waals surface area contributed by atoms with E-state index in [0.717, 1.165) is 12.1 Å². The molecular formula is C15H22ClNO. The molecular weight excluding hydrogens is 246 g/mol. The summed E-state index contributed by atoms with van der Waals surface area (Å²) in [6.07, 6.45) is 2.50. The average Bonchev–Trinajstić information content (AvgIpc) is 2.80. The molecule has 0 aliphatic carbocycles. The van der Waals surface area contributed by atoms with E-state index in [1.807, 2.05) is 6.07 Å². The summed E-state index contributed by atoms with van der Waals surface area (Å²) in [6.45, 7) is 7.81. The molecule has 3 heteroatoms. The molecule has 0 aromatic heterocycles. The van der Waals surface area contributed by atoms with Gasteiger partial charge in [-0.15, -0.1) is 0 Å². The van der Waals surface area contributed by atoms with E-state index < -0.39 is 0 Å². The topological polar surface area (TPSA) is 23.5 Å². The number of likely N-dealkylation sites (tertiary alicyclic amines) is 1. The smallest absolute Gasteiger partial charge is 0.120 e. The van der Waals surface area contributed by atoms with Gasteiger partial charge < -0.3 is 5.11 Å². The molecule has 0 radical (unpaired) electrons. The summed E-state index contributed by atoms with van der Waals surface area (Å²) in [5, 5.41) is 10.7. The SMILES string of the molecule is CC(C)C1CCCN1C(C)c1cc(Cl)ccc1O. The van der Waals surface area contributed by atoms with E-state index in [1.54, 1.807) is 12.1 Å². The lowest BCUT2D eigenvalue weighted by Crippen LogP contribution is -2.35. The molecule has 1 aliphatic heterocycles. The van der Waals surface area contributed by atoms with Gasteiger partial charge in [-0.2, -0.15) is 0 Å². The van der Waals surface area contributed by atoms with E-state index in [4.69, 9.17) is 11.6 Å². The van der Waals surface area contributed by atoms with Crippen LogP contribution in [0.1, 0.15) is 45.2 Å². The Morgan fingerprint density at radius 3 is 2.72 bits per heavy atom. The van der Waals surface area contributed by atoms with E-state index in [1.165, 1.54) is 12.8 Å². The molecule has 18 heavy (non-hydrogen) atoms. The van der Waals surface area contributed by atoms with Crippen LogP contribution in [0.4, 0.5) is 0 Å². The van der Waals surface area contributed by atoms with E-state index in [9.17, 15) is 5.11 Å². The van der Waals surface area contributed by atoms with Crippen molar-refractivity contribution >= 4 is 11.6 Å². The molecule has 0 bridgehead atoms. The van der Waals surface area contributed by atoms with Crippen LogP contribution in [0.5, 0.6) is 5.75 Å². The zero-order valence-corrected chi connectivity index (χ0v) is 12.1. The monoisotopic (exact) mass is 267 g/mol. The standard InChI is InChI=1S/C15H22ClNO/c1-10(2)14-5-4-8-17(14)11(3)13-9-12(16)6-7-15(13)18/h6-7,9-11,14,18H,4-5,8H2,1-3H3. The Labute approximate surface area is 115 Å². The van der Waals surface area contributed by atoms with E-state index in [2.05, 4.69) is 25.7 Å². The molecule has 1 saturated heterocycles. The maximum Gasteiger partial charge on any atom is 0.120 e. The molecule has 2 rings (SSSR count). The van der Waals surface area contributed by atoms with Crippen LogP contribution in [0.25, 0.3) is 0 Å². The Bertz CT molecular complexity index is 419. The predicted molar refractivity (Wildman–Crippen MR) is 76.1 cm³/mol. The van der Waals surface area contributed by atoms with Gasteiger partial charge in [0.25, 0.3) is 0 Å². The van der Waals surface area contributed by atoms with E-state index in [-0.39, 0.29) is 6.04 Å². The minimum absolute atomic E-state index is 0.221. The van der Waals surface area contributed by atoms with Crippen molar-refractivity contribution in [3.63, 3.8) is 0 Å². The summed E-state index contributed by atoms with van der Waals surface area (Å²) in [4.78, 5) is 2.50.